The maximum absolute atomic E-state index is 14.8. The van der Waals surface area contributed by atoms with Crippen LogP contribution in [0.15, 0.2) is 58.7 Å². The van der Waals surface area contributed by atoms with Gasteiger partial charge in [0.15, 0.2) is 23.1 Å². The highest BCUT2D eigenvalue weighted by molar-refractivity contribution is 6.24. The molecule has 3 aliphatic rings. The van der Waals surface area contributed by atoms with E-state index in [1.807, 2.05) is 58.0 Å². The van der Waals surface area contributed by atoms with E-state index in [9.17, 15) is 19.2 Å². The molecule has 0 aromatic heterocycles. The summed E-state index contributed by atoms with van der Waals surface area (Å²) < 4.78 is 0. The van der Waals surface area contributed by atoms with Gasteiger partial charge in [-0.15, -0.1) is 0 Å². The van der Waals surface area contributed by atoms with Crippen molar-refractivity contribution in [3.05, 3.63) is 92.1 Å². The third kappa shape index (κ3) is 4.64. The maximum atomic E-state index is 14.8. The van der Waals surface area contributed by atoms with Crippen LogP contribution in [-0.2, 0) is 22.4 Å². The summed E-state index contributed by atoms with van der Waals surface area (Å²) in [5.41, 5.74) is 7.06. The van der Waals surface area contributed by atoms with Crippen LogP contribution < -0.4 is 0 Å². The van der Waals surface area contributed by atoms with Gasteiger partial charge in [-0.25, -0.2) is 0 Å². The SMILES string of the molecule is CC(=O)C1=C(C)C[C@@]2(C)C[C@@]3(C)Cc4c(C(C)C)cc(CCCC(=O)c5ccccc5)c(C)c4C(=O)C3=C(C)[C@@]2(C)C1=O. The van der Waals surface area contributed by atoms with Crippen molar-refractivity contribution in [3.8, 4) is 0 Å². The molecule has 0 radical (unpaired) electrons. The Bertz CT molecular complexity index is 1630. The molecule has 0 heterocycles. The quantitative estimate of drug-likeness (QED) is 0.243. The Labute approximate surface area is 257 Å². The van der Waals surface area contributed by atoms with Crippen LogP contribution >= 0.6 is 0 Å². The first-order chi connectivity index (χ1) is 20.1. The average Bonchev–Trinajstić information content (AvgIpc) is 2.91. The van der Waals surface area contributed by atoms with Crippen LogP contribution in [-0.4, -0.2) is 23.1 Å². The molecule has 43 heavy (non-hydrogen) atoms. The second-order valence-electron chi connectivity index (χ2n) is 14.5. The number of benzene rings is 2. The van der Waals surface area contributed by atoms with E-state index < -0.39 is 16.2 Å². The van der Waals surface area contributed by atoms with Gasteiger partial charge in [-0.05, 0) is 100 Å². The fraction of sp³-hybridized carbons (Fsp3) is 0.487. The molecule has 0 spiro atoms. The molecule has 5 rings (SSSR count). The van der Waals surface area contributed by atoms with Crippen molar-refractivity contribution in [1.29, 1.82) is 0 Å². The largest absolute Gasteiger partial charge is 0.294 e. The van der Waals surface area contributed by atoms with E-state index in [2.05, 4.69) is 33.8 Å². The van der Waals surface area contributed by atoms with Gasteiger partial charge >= 0.3 is 0 Å². The van der Waals surface area contributed by atoms with Gasteiger partial charge in [-0.3, -0.25) is 19.2 Å². The number of fused-ring (bicyclic) bond motifs is 3. The fourth-order valence-electron chi connectivity index (χ4n) is 9.05. The lowest BCUT2D eigenvalue weighted by atomic mass is 9.42. The normalized spacial score (nSPS) is 26.8. The molecular weight excluding hydrogens is 532 g/mol. The topological polar surface area (TPSA) is 68.3 Å². The number of hydrogen-bond acceptors (Lipinski definition) is 4. The van der Waals surface area contributed by atoms with Gasteiger partial charge in [0.25, 0.3) is 0 Å². The maximum Gasteiger partial charge on any atom is 0.190 e. The monoisotopic (exact) mass is 578 g/mol. The van der Waals surface area contributed by atoms with E-state index in [-0.39, 0.29) is 29.1 Å². The number of carbonyl (C=O) groups is 4. The molecule has 3 atom stereocenters. The number of aryl methyl sites for hydroxylation is 1. The van der Waals surface area contributed by atoms with Gasteiger partial charge in [-0.1, -0.05) is 75.2 Å². The number of rotatable bonds is 7. The van der Waals surface area contributed by atoms with Crippen molar-refractivity contribution in [2.75, 3.05) is 0 Å². The lowest BCUT2D eigenvalue weighted by molar-refractivity contribution is -0.134. The van der Waals surface area contributed by atoms with E-state index in [0.29, 0.717) is 31.3 Å². The van der Waals surface area contributed by atoms with Crippen molar-refractivity contribution in [1.82, 2.24) is 0 Å². The zero-order valence-electron chi connectivity index (χ0n) is 27.4. The standard InChI is InChI=1S/C39H46O4/c1-22(2)29-18-28(16-13-17-31(41)27-14-11-10-12-15-27)24(4)33-30(29)20-37(7)21-38(8)19-23(3)32(26(6)40)36(43)39(38,9)25(5)34(37)35(33)42/h10-12,14-15,18,22H,13,16-17,19-21H2,1-9H3/t37-,38+,39+/m1/s1. The molecular formula is C39H46O4. The average molecular weight is 579 g/mol. The summed E-state index contributed by atoms with van der Waals surface area (Å²) in [5.74, 6) is 0.0943. The minimum atomic E-state index is -0.917. The van der Waals surface area contributed by atoms with E-state index in [4.69, 9.17) is 0 Å². The third-order valence-corrected chi connectivity index (χ3v) is 11.3. The van der Waals surface area contributed by atoms with E-state index in [1.165, 1.54) is 12.5 Å². The summed E-state index contributed by atoms with van der Waals surface area (Å²) >= 11 is 0. The zero-order valence-corrected chi connectivity index (χ0v) is 27.4. The minimum absolute atomic E-state index is 0.0367. The number of allylic oxidation sites excluding steroid dienone is 4. The van der Waals surface area contributed by atoms with Gasteiger partial charge in [0, 0.05) is 28.5 Å². The second-order valence-corrected chi connectivity index (χ2v) is 14.5. The zero-order chi connectivity index (χ0) is 31.6. The highest BCUT2D eigenvalue weighted by Gasteiger charge is 2.63. The predicted molar refractivity (Wildman–Crippen MR) is 172 cm³/mol. The second kappa shape index (κ2) is 10.6. The summed E-state index contributed by atoms with van der Waals surface area (Å²) in [5, 5.41) is 0. The molecule has 4 heteroatoms. The van der Waals surface area contributed by atoms with E-state index >= 15 is 0 Å². The Morgan fingerprint density at radius 1 is 0.953 bits per heavy atom. The molecule has 0 fully saturated rings. The fourth-order valence-corrected chi connectivity index (χ4v) is 9.05. The molecule has 0 amide bonds. The van der Waals surface area contributed by atoms with Crippen molar-refractivity contribution in [3.63, 3.8) is 0 Å². The molecule has 226 valence electrons. The first-order valence-corrected chi connectivity index (χ1v) is 15.8. The highest BCUT2D eigenvalue weighted by Crippen LogP contribution is 2.66. The molecule has 0 bridgehead atoms. The van der Waals surface area contributed by atoms with Crippen molar-refractivity contribution >= 4 is 23.1 Å². The smallest absolute Gasteiger partial charge is 0.190 e. The van der Waals surface area contributed by atoms with Gasteiger partial charge in [0.2, 0.25) is 0 Å². The lowest BCUT2D eigenvalue weighted by Crippen LogP contribution is -2.57. The Kier molecular flexibility index (Phi) is 7.68. The van der Waals surface area contributed by atoms with E-state index in [0.717, 1.165) is 57.4 Å². The van der Waals surface area contributed by atoms with Gasteiger partial charge in [0.05, 0.1) is 11.0 Å². The van der Waals surface area contributed by atoms with Gasteiger partial charge in [-0.2, -0.15) is 0 Å². The molecule has 4 nitrogen and oxygen atoms in total. The molecule has 0 unspecified atom stereocenters. The lowest BCUT2D eigenvalue weighted by Gasteiger charge is -2.59. The molecule has 3 aliphatic carbocycles. The van der Waals surface area contributed by atoms with Crippen molar-refractivity contribution in [2.45, 2.75) is 107 Å². The molecule has 0 saturated heterocycles. The number of Topliss-reactive ketones (excluding diaryl/α,β-unsaturated/α-hetero) is 4. The van der Waals surface area contributed by atoms with E-state index in [1.54, 1.807) is 0 Å². The molecule has 0 aliphatic heterocycles. The Balaban J connectivity index is 1.59. The predicted octanol–water partition coefficient (Wildman–Crippen LogP) is 8.68. The van der Waals surface area contributed by atoms with Crippen LogP contribution in [0.3, 0.4) is 0 Å². The Hall–Kier alpha value is -3.40. The first kappa shape index (κ1) is 31.0. The summed E-state index contributed by atoms with van der Waals surface area (Å²) in [6, 6.07) is 11.7. The summed E-state index contributed by atoms with van der Waals surface area (Å²) in [7, 11) is 0. The van der Waals surface area contributed by atoms with Gasteiger partial charge in [0.1, 0.15) is 0 Å². The van der Waals surface area contributed by atoms with Crippen molar-refractivity contribution in [2.24, 2.45) is 16.2 Å². The third-order valence-electron chi connectivity index (χ3n) is 11.3. The number of ketones is 4. The Morgan fingerprint density at radius 3 is 2.21 bits per heavy atom. The summed E-state index contributed by atoms with van der Waals surface area (Å²) in [6.07, 6.45) is 4.02. The summed E-state index contributed by atoms with van der Waals surface area (Å²) in [4.78, 5) is 54.4. The molecule has 0 saturated carbocycles. The number of carbonyl (C=O) groups excluding carboxylic acids is 4. The summed E-state index contributed by atoms with van der Waals surface area (Å²) in [6.45, 7) is 18.2. The van der Waals surface area contributed by atoms with Crippen LogP contribution in [0.25, 0.3) is 0 Å². The number of hydrogen-bond donors (Lipinski definition) is 0. The van der Waals surface area contributed by atoms with Crippen LogP contribution in [0.5, 0.6) is 0 Å². The minimum Gasteiger partial charge on any atom is -0.294 e. The van der Waals surface area contributed by atoms with Crippen LogP contribution in [0.1, 0.15) is 130 Å². The highest BCUT2D eigenvalue weighted by atomic mass is 16.2. The van der Waals surface area contributed by atoms with Gasteiger partial charge < -0.3 is 0 Å². The Morgan fingerprint density at radius 2 is 1.60 bits per heavy atom. The molecule has 0 N–H and O–H groups in total. The van der Waals surface area contributed by atoms with Crippen molar-refractivity contribution < 1.29 is 19.2 Å². The molecule has 2 aromatic carbocycles. The van der Waals surface area contributed by atoms with Crippen LogP contribution in [0.2, 0.25) is 0 Å². The first-order valence-electron chi connectivity index (χ1n) is 15.8. The van der Waals surface area contributed by atoms with Crippen LogP contribution in [0.4, 0.5) is 0 Å². The van der Waals surface area contributed by atoms with Crippen LogP contribution in [0, 0.1) is 23.2 Å². The molecule has 2 aromatic rings.